The SMILES string of the molecule is CN(C)Cc1ccc(CSCCN2C(=O)CSC2c2ccccn2)o1. The van der Waals surface area contributed by atoms with Gasteiger partial charge in [-0.2, -0.15) is 11.8 Å². The van der Waals surface area contributed by atoms with Crippen molar-refractivity contribution in [3.05, 3.63) is 53.7 Å². The monoisotopic (exact) mass is 377 g/mol. The van der Waals surface area contributed by atoms with E-state index in [1.807, 2.05) is 49.3 Å². The van der Waals surface area contributed by atoms with E-state index in [4.69, 9.17) is 4.42 Å². The quantitative estimate of drug-likeness (QED) is 0.658. The van der Waals surface area contributed by atoms with Gasteiger partial charge in [0.15, 0.2) is 0 Å². The van der Waals surface area contributed by atoms with Crippen LogP contribution in [0.4, 0.5) is 0 Å². The van der Waals surface area contributed by atoms with Gasteiger partial charge >= 0.3 is 0 Å². The minimum Gasteiger partial charge on any atom is -0.464 e. The minimum absolute atomic E-state index is 0.0459. The number of pyridine rings is 1. The average molecular weight is 378 g/mol. The lowest BCUT2D eigenvalue weighted by molar-refractivity contribution is -0.127. The van der Waals surface area contributed by atoms with Crippen LogP contribution in [0, 0.1) is 0 Å². The molecule has 1 fully saturated rings. The molecule has 0 radical (unpaired) electrons. The normalized spacial score (nSPS) is 17.6. The Labute approximate surface area is 157 Å². The Morgan fingerprint density at radius 1 is 1.32 bits per heavy atom. The number of nitrogens with zero attached hydrogens (tertiary/aromatic N) is 3. The van der Waals surface area contributed by atoms with Crippen LogP contribution in [-0.4, -0.2) is 52.8 Å². The molecule has 1 aliphatic heterocycles. The molecule has 3 heterocycles. The summed E-state index contributed by atoms with van der Waals surface area (Å²) in [6.07, 6.45) is 1.79. The fourth-order valence-corrected chi connectivity index (χ4v) is 4.70. The van der Waals surface area contributed by atoms with Crippen LogP contribution in [0.25, 0.3) is 0 Å². The Balaban J connectivity index is 1.47. The summed E-state index contributed by atoms with van der Waals surface area (Å²) < 4.78 is 5.82. The van der Waals surface area contributed by atoms with Crippen LogP contribution in [0.3, 0.4) is 0 Å². The largest absolute Gasteiger partial charge is 0.464 e. The third-order valence-electron chi connectivity index (χ3n) is 3.82. The summed E-state index contributed by atoms with van der Waals surface area (Å²) in [7, 11) is 4.06. The lowest BCUT2D eigenvalue weighted by Crippen LogP contribution is -2.30. The lowest BCUT2D eigenvalue weighted by Gasteiger charge is -2.23. The van der Waals surface area contributed by atoms with Gasteiger partial charge in [-0.3, -0.25) is 9.78 Å². The van der Waals surface area contributed by atoms with Gasteiger partial charge in [-0.05, 0) is 38.4 Å². The van der Waals surface area contributed by atoms with Gasteiger partial charge in [0.25, 0.3) is 0 Å². The van der Waals surface area contributed by atoms with Gasteiger partial charge in [0.05, 0.1) is 23.7 Å². The molecule has 1 amide bonds. The van der Waals surface area contributed by atoms with Crippen molar-refractivity contribution < 1.29 is 9.21 Å². The zero-order valence-corrected chi connectivity index (χ0v) is 16.2. The fraction of sp³-hybridized carbons (Fsp3) is 0.444. The maximum absolute atomic E-state index is 12.2. The number of amides is 1. The third-order valence-corrected chi connectivity index (χ3v) is 6.00. The Kier molecular flexibility index (Phi) is 6.45. The van der Waals surface area contributed by atoms with Crippen molar-refractivity contribution in [2.24, 2.45) is 0 Å². The molecule has 1 atom stereocenters. The molecule has 134 valence electrons. The molecule has 2 aromatic heterocycles. The summed E-state index contributed by atoms with van der Waals surface area (Å²) in [6.45, 7) is 1.55. The molecular weight excluding hydrogens is 354 g/mol. The van der Waals surface area contributed by atoms with Gasteiger partial charge in [-0.1, -0.05) is 6.07 Å². The first-order valence-corrected chi connectivity index (χ1v) is 10.5. The summed E-state index contributed by atoms with van der Waals surface area (Å²) in [5.41, 5.74) is 0.961. The second kappa shape index (κ2) is 8.78. The molecule has 2 aromatic rings. The molecule has 0 spiro atoms. The summed E-state index contributed by atoms with van der Waals surface area (Å²) in [4.78, 5) is 20.6. The van der Waals surface area contributed by atoms with Gasteiger partial charge in [0, 0.05) is 18.5 Å². The summed E-state index contributed by atoms with van der Waals surface area (Å²) in [5.74, 6) is 4.44. The van der Waals surface area contributed by atoms with E-state index in [1.165, 1.54) is 0 Å². The van der Waals surface area contributed by atoms with E-state index in [1.54, 1.807) is 29.7 Å². The number of aromatic nitrogens is 1. The van der Waals surface area contributed by atoms with Crippen molar-refractivity contribution in [3.63, 3.8) is 0 Å². The Hall–Kier alpha value is -1.44. The molecule has 1 unspecified atom stereocenters. The van der Waals surface area contributed by atoms with Crippen LogP contribution in [0.5, 0.6) is 0 Å². The van der Waals surface area contributed by atoms with E-state index in [-0.39, 0.29) is 11.3 Å². The van der Waals surface area contributed by atoms with Crippen molar-refractivity contribution in [1.82, 2.24) is 14.8 Å². The first kappa shape index (κ1) is 18.4. The average Bonchev–Trinajstić information content (AvgIpc) is 3.19. The summed E-state index contributed by atoms with van der Waals surface area (Å²) in [5, 5.41) is 0.0459. The molecular formula is C18H23N3O2S2. The standard InChI is InChI=1S/C18H23N3O2S2/c1-20(2)11-14-6-7-15(23-14)12-24-10-9-21-17(22)13-25-18(21)16-5-3-4-8-19-16/h3-8,18H,9-13H2,1-2H3. The van der Waals surface area contributed by atoms with Crippen molar-refractivity contribution in [3.8, 4) is 0 Å². The van der Waals surface area contributed by atoms with Crippen LogP contribution in [0.2, 0.25) is 0 Å². The second-order valence-corrected chi connectivity index (χ2v) is 8.34. The fourth-order valence-electron chi connectivity index (χ4n) is 2.70. The number of carbonyl (C=O) groups is 1. The molecule has 25 heavy (non-hydrogen) atoms. The maximum Gasteiger partial charge on any atom is 0.233 e. The topological polar surface area (TPSA) is 49.6 Å². The highest BCUT2D eigenvalue weighted by molar-refractivity contribution is 8.00. The van der Waals surface area contributed by atoms with Crippen molar-refractivity contribution in [2.75, 3.05) is 32.1 Å². The van der Waals surface area contributed by atoms with Gasteiger partial charge in [-0.25, -0.2) is 0 Å². The molecule has 0 N–H and O–H groups in total. The van der Waals surface area contributed by atoms with E-state index in [2.05, 4.69) is 9.88 Å². The van der Waals surface area contributed by atoms with E-state index in [0.29, 0.717) is 5.75 Å². The third kappa shape index (κ3) is 5.03. The predicted octanol–water partition coefficient (Wildman–Crippen LogP) is 3.24. The molecule has 0 saturated carbocycles. The van der Waals surface area contributed by atoms with Gasteiger partial charge in [0.2, 0.25) is 5.91 Å². The number of rotatable bonds is 8. The predicted molar refractivity (Wildman–Crippen MR) is 103 cm³/mol. The Morgan fingerprint density at radius 3 is 2.92 bits per heavy atom. The van der Waals surface area contributed by atoms with Crippen molar-refractivity contribution in [2.45, 2.75) is 17.7 Å². The second-order valence-electron chi connectivity index (χ2n) is 6.16. The molecule has 0 bridgehead atoms. The highest BCUT2D eigenvalue weighted by Gasteiger charge is 2.33. The Bertz CT molecular complexity index is 691. The van der Waals surface area contributed by atoms with Crippen LogP contribution < -0.4 is 0 Å². The van der Waals surface area contributed by atoms with Gasteiger partial charge in [0.1, 0.15) is 16.9 Å². The van der Waals surface area contributed by atoms with Crippen molar-refractivity contribution in [1.29, 1.82) is 0 Å². The van der Waals surface area contributed by atoms with Crippen LogP contribution in [0.1, 0.15) is 22.6 Å². The number of carbonyl (C=O) groups excluding carboxylic acids is 1. The lowest BCUT2D eigenvalue weighted by atomic mass is 10.3. The van der Waals surface area contributed by atoms with E-state index >= 15 is 0 Å². The molecule has 7 heteroatoms. The summed E-state index contributed by atoms with van der Waals surface area (Å²) >= 11 is 3.45. The number of hydrogen-bond acceptors (Lipinski definition) is 6. The number of thioether (sulfide) groups is 2. The zero-order valence-electron chi connectivity index (χ0n) is 14.6. The Morgan fingerprint density at radius 2 is 2.16 bits per heavy atom. The molecule has 0 aromatic carbocycles. The molecule has 1 aliphatic rings. The van der Waals surface area contributed by atoms with Gasteiger partial charge in [-0.15, -0.1) is 11.8 Å². The smallest absolute Gasteiger partial charge is 0.233 e. The molecule has 1 saturated heterocycles. The van der Waals surface area contributed by atoms with Crippen LogP contribution in [-0.2, 0) is 17.1 Å². The highest BCUT2D eigenvalue weighted by atomic mass is 32.2. The maximum atomic E-state index is 12.2. The van der Waals surface area contributed by atoms with Crippen LogP contribution in [0.15, 0.2) is 40.9 Å². The first-order valence-electron chi connectivity index (χ1n) is 8.25. The summed E-state index contributed by atoms with van der Waals surface area (Å²) in [6, 6.07) is 9.94. The van der Waals surface area contributed by atoms with E-state index in [0.717, 1.165) is 41.8 Å². The molecule has 3 rings (SSSR count). The van der Waals surface area contributed by atoms with Crippen LogP contribution >= 0.6 is 23.5 Å². The highest BCUT2D eigenvalue weighted by Crippen LogP contribution is 2.37. The van der Waals surface area contributed by atoms with E-state index < -0.39 is 0 Å². The molecule has 5 nitrogen and oxygen atoms in total. The van der Waals surface area contributed by atoms with Gasteiger partial charge < -0.3 is 14.2 Å². The van der Waals surface area contributed by atoms with E-state index in [9.17, 15) is 4.79 Å². The minimum atomic E-state index is 0.0459. The molecule has 0 aliphatic carbocycles. The first-order chi connectivity index (χ1) is 12.1. The number of hydrogen-bond donors (Lipinski definition) is 0. The zero-order chi connectivity index (χ0) is 17.6. The number of furan rings is 1. The van der Waals surface area contributed by atoms with Crippen molar-refractivity contribution >= 4 is 29.4 Å².